The van der Waals surface area contributed by atoms with Gasteiger partial charge in [0.15, 0.2) is 5.03 Å². The van der Waals surface area contributed by atoms with Crippen molar-refractivity contribution < 1.29 is 16.8 Å². The zero-order chi connectivity index (χ0) is 15.8. The van der Waals surface area contributed by atoms with Crippen molar-refractivity contribution in [3.63, 3.8) is 0 Å². The van der Waals surface area contributed by atoms with E-state index in [2.05, 4.69) is 9.82 Å². The zero-order valence-corrected chi connectivity index (χ0v) is 13.5. The van der Waals surface area contributed by atoms with Crippen LogP contribution in [0, 0.1) is 6.92 Å². The molecule has 2 aromatic rings. The molecule has 0 aliphatic rings. The van der Waals surface area contributed by atoms with Crippen molar-refractivity contribution in [3.05, 3.63) is 36.0 Å². The van der Waals surface area contributed by atoms with E-state index >= 15 is 0 Å². The Labute approximate surface area is 127 Å². The van der Waals surface area contributed by atoms with Crippen LogP contribution in [0.25, 0.3) is 0 Å². The summed E-state index contributed by atoms with van der Waals surface area (Å²) in [5.74, 6) is 0. The maximum atomic E-state index is 12.2. The van der Waals surface area contributed by atoms with Crippen LogP contribution in [0.5, 0.6) is 0 Å². The standard InChI is InChI=1S/C11H12ClN3O4S2/c1-8-7-9(20(12,16)17)3-4-10(8)14-21(18,19)11-5-6-13-15(11)2/h3-7,14H,1-2H3. The molecule has 1 N–H and O–H groups in total. The van der Waals surface area contributed by atoms with Crippen molar-refractivity contribution in [3.8, 4) is 0 Å². The third kappa shape index (κ3) is 3.36. The van der Waals surface area contributed by atoms with Gasteiger partial charge in [0, 0.05) is 17.7 Å². The number of aryl methyl sites for hydroxylation is 2. The van der Waals surface area contributed by atoms with Gasteiger partial charge in [-0.15, -0.1) is 0 Å². The smallest absolute Gasteiger partial charge is 0.278 e. The highest BCUT2D eigenvalue weighted by Gasteiger charge is 2.19. The summed E-state index contributed by atoms with van der Waals surface area (Å²) in [6, 6.07) is 5.23. The molecule has 1 aromatic heterocycles. The van der Waals surface area contributed by atoms with E-state index in [4.69, 9.17) is 10.7 Å². The molecule has 0 spiro atoms. The lowest BCUT2D eigenvalue weighted by Crippen LogP contribution is -2.17. The Kier molecular flexibility index (Phi) is 4.00. The van der Waals surface area contributed by atoms with Crippen LogP contribution in [0.15, 0.2) is 40.4 Å². The second kappa shape index (κ2) is 5.32. The number of rotatable bonds is 4. The number of hydrogen-bond donors (Lipinski definition) is 1. The third-order valence-electron chi connectivity index (χ3n) is 2.77. The van der Waals surface area contributed by atoms with Gasteiger partial charge in [0.05, 0.1) is 16.8 Å². The molecule has 0 radical (unpaired) electrons. The van der Waals surface area contributed by atoms with E-state index < -0.39 is 19.1 Å². The summed E-state index contributed by atoms with van der Waals surface area (Å²) < 4.78 is 50.5. The van der Waals surface area contributed by atoms with E-state index in [0.717, 1.165) is 0 Å². The van der Waals surface area contributed by atoms with Crippen LogP contribution in [0.4, 0.5) is 5.69 Å². The largest absolute Gasteiger partial charge is 0.279 e. The monoisotopic (exact) mass is 349 g/mol. The number of anilines is 1. The van der Waals surface area contributed by atoms with Gasteiger partial charge in [0.2, 0.25) is 0 Å². The number of nitrogens with one attached hydrogen (secondary N) is 1. The van der Waals surface area contributed by atoms with Crippen LogP contribution < -0.4 is 4.72 Å². The van der Waals surface area contributed by atoms with Crippen molar-refractivity contribution in [1.82, 2.24) is 9.78 Å². The fourth-order valence-electron chi connectivity index (χ4n) is 1.72. The summed E-state index contributed by atoms with van der Waals surface area (Å²) in [6.45, 7) is 1.58. The van der Waals surface area contributed by atoms with Crippen molar-refractivity contribution in [2.75, 3.05) is 4.72 Å². The first-order valence-electron chi connectivity index (χ1n) is 5.67. The minimum absolute atomic E-state index is 0.00376. The van der Waals surface area contributed by atoms with Gasteiger partial charge in [0.25, 0.3) is 19.1 Å². The van der Waals surface area contributed by atoms with E-state index in [1.165, 1.54) is 42.2 Å². The highest BCUT2D eigenvalue weighted by Crippen LogP contribution is 2.24. The molecule has 0 unspecified atom stereocenters. The number of sulfonamides is 1. The molecular weight excluding hydrogens is 338 g/mol. The Morgan fingerprint density at radius 2 is 1.86 bits per heavy atom. The number of nitrogens with zero attached hydrogens (tertiary/aromatic N) is 2. The number of benzene rings is 1. The van der Waals surface area contributed by atoms with Crippen molar-refractivity contribution in [2.24, 2.45) is 7.05 Å². The van der Waals surface area contributed by atoms with Crippen LogP contribution in [0.2, 0.25) is 0 Å². The molecule has 7 nitrogen and oxygen atoms in total. The fourth-order valence-corrected chi connectivity index (χ4v) is 3.82. The summed E-state index contributed by atoms with van der Waals surface area (Å²) in [6.07, 6.45) is 1.37. The molecule has 0 atom stereocenters. The van der Waals surface area contributed by atoms with Gasteiger partial charge in [-0.25, -0.2) is 8.42 Å². The summed E-state index contributed by atoms with van der Waals surface area (Å²) >= 11 is 0. The predicted octanol–water partition coefficient (Wildman–Crippen LogP) is 1.46. The molecule has 0 fully saturated rings. The van der Waals surface area contributed by atoms with E-state index in [1.807, 2.05) is 0 Å². The molecule has 1 heterocycles. The van der Waals surface area contributed by atoms with E-state index in [-0.39, 0.29) is 15.6 Å². The van der Waals surface area contributed by atoms with E-state index in [1.54, 1.807) is 6.92 Å². The molecule has 0 saturated carbocycles. The Hall–Kier alpha value is -1.58. The Balaban J connectivity index is 2.39. The lowest BCUT2D eigenvalue weighted by atomic mass is 10.2. The number of halogens is 1. The lowest BCUT2D eigenvalue weighted by molar-refractivity contribution is 0.582. The van der Waals surface area contributed by atoms with Gasteiger partial charge >= 0.3 is 0 Å². The Bertz CT molecular complexity index is 888. The first-order valence-corrected chi connectivity index (χ1v) is 9.46. The first-order chi connectivity index (χ1) is 9.61. The average molecular weight is 350 g/mol. The van der Waals surface area contributed by atoms with Gasteiger partial charge in [-0.05, 0) is 36.8 Å². The molecular formula is C11H12ClN3O4S2. The van der Waals surface area contributed by atoms with Crippen molar-refractivity contribution in [1.29, 1.82) is 0 Å². The summed E-state index contributed by atoms with van der Waals surface area (Å²) in [5, 5.41) is 3.79. The summed E-state index contributed by atoms with van der Waals surface area (Å²) in [5.41, 5.74) is 0.697. The average Bonchev–Trinajstić information content (AvgIpc) is 2.77. The third-order valence-corrected chi connectivity index (χ3v) is 5.57. The second-order valence-electron chi connectivity index (χ2n) is 4.31. The Morgan fingerprint density at radius 3 is 2.33 bits per heavy atom. The second-order valence-corrected chi connectivity index (χ2v) is 8.51. The maximum absolute atomic E-state index is 12.2. The van der Waals surface area contributed by atoms with Gasteiger partial charge in [-0.3, -0.25) is 9.40 Å². The number of aromatic nitrogens is 2. The van der Waals surface area contributed by atoms with E-state index in [9.17, 15) is 16.8 Å². The summed E-state index contributed by atoms with van der Waals surface area (Å²) in [4.78, 5) is -0.0925. The first kappa shape index (κ1) is 15.8. The van der Waals surface area contributed by atoms with Gasteiger partial charge in [0.1, 0.15) is 0 Å². The normalized spacial score (nSPS) is 12.3. The van der Waals surface area contributed by atoms with E-state index in [0.29, 0.717) is 5.56 Å². The van der Waals surface area contributed by atoms with Crippen molar-refractivity contribution >= 4 is 35.4 Å². The molecule has 10 heteroatoms. The minimum Gasteiger partial charge on any atom is -0.278 e. The molecule has 0 aliphatic heterocycles. The van der Waals surface area contributed by atoms with Gasteiger partial charge in [-0.1, -0.05) is 0 Å². The molecule has 0 amide bonds. The molecule has 0 aliphatic carbocycles. The van der Waals surface area contributed by atoms with Crippen LogP contribution in [-0.2, 0) is 26.1 Å². The highest BCUT2D eigenvalue weighted by molar-refractivity contribution is 8.13. The molecule has 1 aromatic carbocycles. The molecule has 2 rings (SSSR count). The van der Waals surface area contributed by atoms with Crippen LogP contribution in [-0.4, -0.2) is 26.6 Å². The zero-order valence-electron chi connectivity index (χ0n) is 11.1. The van der Waals surface area contributed by atoms with Crippen LogP contribution in [0.1, 0.15) is 5.56 Å². The molecule has 0 saturated heterocycles. The quantitative estimate of drug-likeness (QED) is 0.842. The maximum Gasteiger partial charge on any atom is 0.279 e. The van der Waals surface area contributed by atoms with Crippen LogP contribution in [0.3, 0.4) is 0 Å². The van der Waals surface area contributed by atoms with Gasteiger partial charge in [-0.2, -0.15) is 13.5 Å². The van der Waals surface area contributed by atoms with Crippen LogP contribution >= 0.6 is 10.7 Å². The predicted molar refractivity (Wildman–Crippen MR) is 78.2 cm³/mol. The topological polar surface area (TPSA) is 98.1 Å². The molecule has 21 heavy (non-hydrogen) atoms. The molecule has 114 valence electrons. The molecule has 0 bridgehead atoms. The van der Waals surface area contributed by atoms with Gasteiger partial charge < -0.3 is 0 Å². The Morgan fingerprint density at radius 1 is 1.19 bits per heavy atom. The SMILES string of the molecule is Cc1cc(S(=O)(=O)Cl)ccc1NS(=O)(=O)c1ccnn1C. The lowest BCUT2D eigenvalue weighted by Gasteiger charge is -2.11. The fraction of sp³-hybridized carbons (Fsp3) is 0.182. The minimum atomic E-state index is -3.85. The highest BCUT2D eigenvalue weighted by atomic mass is 35.7. The summed E-state index contributed by atoms with van der Waals surface area (Å²) in [7, 11) is -0.914. The number of hydrogen-bond acceptors (Lipinski definition) is 5. The van der Waals surface area contributed by atoms with Crippen molar-refractivity contribution in [2.45, 2.75) is 16.8 Å².